The van der Waals surface area contributed by atoms with Gasteiger partial charge >= 0.3 is 6.03 Å². The van der Waals surface area contributed by atoms with Crippen LogP contribution in [0.4, 0.5) is 16.2 Å². The number of benzene rings is 2. The molecule has 3 rings (SSSR count). The van der Waals surface area contributed by atoms with E-state index in [1.165, 1.54) is 0 Å². The molecule has 0 saturated carbocycles. The van der Waals surface area contributed by atoms with Crippen LogP contribution in [0, 0.1) is 6.92 Å². The van der Waals surface area contributed by atoms with Crippen molar-refractivity contribution in [2.24, 2.45) is 0 Å². The lowest BCUT2D eigenvalue weighted by Crippen LogP contribution is -2.35. The van der Waals surface area contributed by atoms with Crippen molar-refractivity contribution in [2.75, 3.05) is 17.2 Å². The number of carbonyl (C=O) groups is 2. The van der Waals surface area contributed by atoms with Crippen LogP contribution < -0.4 is 16.0 Å². The zero-order chi connectivity index (χ0) is 19.1. The van der Waals surface area contributed by atoms with Gasteiger partial charge in [-0.1, -0.05) is 42.5 Å². The van der Waals surface area contributed by atoms with Crippen LogP contribution in [-0.2, 0) is 11.3 Å². The molecule has 3 aromatic rings. The van der Waals surface area contributed by atoms with Crippen molar-refractivity contribution in [2.45, 2.75) is 13.5 Å². The zero-order valence-electron chi connectivity index (χ0n) is 15.0. The minimum Gasteiger partial charge on any atom is -0.329 e. The quantitative estimate of drug-likeness (QED) is 0.629. The van der Waals surface area contributed by atoms with E-state index < -0.39 is 6.03 Å². The van der Waals surface area contributed by atoms with Gasteiger partial charge in [0, 0.05) is 11.9 Å². The predicted octanol–water partition coefficient (Wildman–Crippen LogP) is 3.00. The molecule has 2 aromatic carbocycles. The number of hydrogen-bond acceptors (Lipinski definition) is 3. The molecule has 0 radical (unpaired) electrons. The first-order chi connectivity index (χ1) is 13.1. The fraction of sp³-hybridized carbons (Fsp3) is 0.150. The molecule has 0 aliphatic rings. The van der Waals surface area contributed by atoms with Gasteiger partial charge in [-0.05, 0) is 30.2 Å². The predicted molar refractivity (Wildman–Crippen MR) is 105 cm³/mol. The number of carbonyl (C=O) groups excluding carboxylic acids is 2. The van der Waals surface area contributed by atoms with Crippen molar-refractivity contribution >= 4 is 23.3 Å². The maximum Gasteiger partial charge on any atom is 0.319 e. The van der Waals surface area contributed by atoms with Gasteiger partial charge < -0.3 is 16.0 Å². The molecule has 3 N–H and O–H groups in total. The van der Waals surface area contributed by atoms with Crippen molar-refractivity contribution in [3.8, 4) is 0 Å². The third kappa shape index (κ3) is 5.71. The lowest BCUT2D eigenvalue weighted by molar-refractivity contribution is -0.115. The molecule has 0 atom stereocenters. The van der Waals surface area contributed by atoms with Crippen LogP contribution >= 0.6 is 0 Å². The number of nitrogens with one attached hydrogen (secondary N) is 3. The number of aryl methyl sites for hydroxylation is 1. The molecule has 0 spiro atoms. The fourth-order valence-corrected chi connectivity index (χ4v) is 2.55. The highest BCUT2D eigenvalue weighted by Crippen LogP contribution is 2.09. The Hall–Kier alpha value is -3.61. The minimum absolute atomic E-state index is 0.137. The van der Waals surface area contributed by atoms with E-state index in [1.54, 1.807) is 23.1 Å². The van der Waals surface area contributed by atoms with E-state index in [-0.39, 0.29) is 12.5 Å². The summed E-state index contributed by atoms with van der Waals surface area (Å²) in [6.45, 7) is 2.42. The second-order valence-corrected chi connectivity index (χ2v) is 6.14. The van der Waals surface area contributed by atoms with Gasteiger partial charge in [-0.3, -0.25) is 9.48 Å². The van der Waals surface area contributed by atoms with Gasteiger partial charge in [0.1, 0.15) is 0 Å². The van der Waals surface area contributed by atoms with Crippen LogP contribution in [0.2, 0.25) is 0 Å². The Bertz CT molecular complexity index is 921. The number of rotatable bonds is 6. The number of urea groups is 1. The van der Waals surface area contributed by atoms with Gasteiger partial charge in [0.05, 0.1) is 25.0 Å². The van der Waals surface area contributed by atoms with Crippen LogP contribution in [0.25, 0.3) is 0 Å². The molecule has 0 aliphatic heterocycles. The van der Waals surface area contributed by atoms with E-state index in [0.717, 1.165) is 11.1 Å². The molecule has 7 nitrogen and oxygen atoms in total. The Morgan fingerprint density at radius 2 is 1.81 bits per heavy atom. The summed E-state index contributed by atoms with van der Waals surface area (Å²) < 4.78 is 1.74. The van der Waals surface area contributed by atoms with E-state index in [2.05, 4.69) is 21.0 Å². The van der Waals surface area contributed by atoms with Crippen molar-refractivity contribution in [3.05, 3.63) is 78.1 Å². The normalized spacial score (nSPS) is 10.3. The Kier molecular flexibility index (Phi) is 5.84. The highest BCUT2D eigenvalue weighted by Gasteiger charge is 2.08. The van der Waals surface area contributed by atoms with E-state index in [0.29, 0.717) is 17.9 Å². The van der Waals surface area contributed by atoms with Crippen molar-refractivity contribution in [1.29, 1.82) is 0 Å². The minimum atomic E-state index is -0.435. The molecule has 27 heavy (non-hydrogen) atoms. The smallest absolute Gasteiger partial charge is 0.319 e. The maximum absolute atomic E-state index is 12.0. The Labute approximate surface area is 157 Å². The summed E-state index contributed by atoms with van der Waals surface area (Å²) in [5.41, 5.74) is 3.41. The first-order valence-electron chi connectivity index (χ1n) is 8.56. The van der Waals surface area contributed by atoms with Gasteiger partial charge in [0.25, 0.3) is 0 Å². The van der Waals surface area contributed by atoms with Gasteiger partial charge in [-0.25, -0.2) is 4.79 Å². The number of amides is 3. The van der Waals surface area contributed by atoms with Gasteiger partial charge in [-0.2, -0.15) is 5.10 Å². The van der Waals surface area contributed by atoms with Crippen molar-refractivity contribution in [3.63, 3.8) is 0 Å². The summed E-state index contributed by atoms with van der Waals surface area (Å²) >= 11 is 0. The molecule has 0 aliphatic carbocycles. The lowest BCUT2D eigenvalue weighted by atomic mass is 10.2. The van der Waals surface area contributed by atoms with Crippen LogP contribution in [0.1, 0.15) is 11.1 Å². The van der Waals surface area contributed by atoms with Crippen LogP contribution in [0.3, 0.4) is 0 Å². The number of aromatic nitrogens is 2. The lowest BCUT2D eigenvalue weighted by Gasteiger charge is -2.08. The second kappa shape index (κ2) is 8.66. The molecule has 0 unspecified atom stereocenters. The van der Waals surface area contributed by atoms with E-state index >= 15 is 0 Å². The SMILES string of the molecule is Cc1cccc(NC(=O)NCC(=O)Nc2cnn(Cc3ccccc3)c2)c1. The molecule has 7 heteroatoms. The van der Waals surface area contributed by atoms with E-state index in [1.807, 2.05) is 55.5 Å². The molecule has 0 fully saturated rings. The van der Waals surface area contributed by atoms with E-state index in [9.17, 15) is 9.59 Å². The van der Waals surface area contributed by atoms with Crippen LogP contribution in [-0.4, -0.2) is 28.3 Å². The Balaban J connectivity index is 1.44. The maximum atomic E-state index is 12.0. The fourth-order valence-electron chi connectivity index (χ4n) is 2.55. The van der Waals surface area contributed by atoms with Gasteiger partial charge in [0.15, 0.2) is 0 Å². The number of nitrogens with zero attached hydrogens (tertiary/aromatic N) is 2. The van der Waals surface area contributed by atoms with Crippen LogP contribution in [0.5, 0.6) is 0 Å². The largest absolute Gasteiger partial charge is 0.329 e. The van der Waals surface area contributed by atoms with E-state index in [4.69, 9.17) is 0 Å². The molecule has 1 heterocycles. The number of hydrogen-bond donors (Lipinski definition) is 3. The summed E-state index contributed by atoms with van der Waals surface area (Å²) in [6, 6.07) is 16.9. The monoisotopic (exact) mass is 363 g/mol. The molecule has 0 saturated heterocycles. The van der Waals surface area contributed by atoms with Gasteiger partial charge in [0.2, 0.25) is 5.91 Å². The number of anilines is 2. The standard InChI is InChI=1S/C20H21N5O2/c1-15-6-5-9-17(10-15)24-20(27)21-12-19(26)23-18-11-22-25(14-18)13-16-7-3-2-4-8-16/h2-11,14H,12-13H2,1H3,(H,23,26)(H2,21,24,27). The summed E-state index contributed by atoms with van der Waals surface area (Å²) in [4.78, 5) is 23.9. The second-order valence-electron chi connectivity index (χ2n) is 6.14. The summed E-state index contributed by atoms with van der Waals surface area (Å²) in [5.74, 6) is -0.325. The molecule has 3 amide bonds. The van der Waals surface area contributed by atoms with Crippen molar-refractivity contribution in [1.82, 2.24) is 15.1 Å². The average molecular weight is 363 g/mol. The van der Waals surface area contributed by atoms with Crippen LogP contribution in [0.15, 0.2) is 67.0 Å². The van der Waals surface area contributed by atoms with Crippen molar-refractivity contribution < 1.29 is 9.59 Å². The molecular weight excluding hydrogens is 342 g/mol. The first kappa shape index (κ1) is 18.2. The molecule has 0 bridgehead atoms. The summed E-state index contributed by atoms with van der Waals surface area (Å²) in [5, 5.41) is 12.2. The Morgan fingerprint density at radius 3 is 2.59 bits per heavy atom. The highest BCUT2D eigenvalue weighted by atomic mass is 16.2. The molecule has 1 aromatic heterocycles. The average Bonchev–Trinajstić information content (AvgIpc) is 3.07. The summed E-state index contributed by atoms with van der Waals surface area (Å²) in [6.07, 6.45) is 3.32. The Morgan fingerprint density at radius 1 is 1.00 bits per heavy atom. The summed E-state index contributed by atoms with van der Waals surface area (Å²) in [7, 11) is 0. The third-order valence-corrected chi connectivity index (χ3v) is 3.79. The van der Waals surface area contributed by atoms with Gasteiger partial charge in [-0.15, -0.1) is 0 Å². The highest BCUT2D eigenvalue weighted by molar-refractivity contribution is 5.96. The zero-order valence-corrected chi connectivity index (χ0v) is 15.0. The topological polar surface area (TPSA) is 88.1 Å². The molecular formula is C20H21N5O2. The molecule has 138 valence electrons. The first-order valence-corrected chi connectivity index (χ1v) is 8.56. The third-order valence-electron chi connectivity index (χ3n) is 3.79.